The molecule has 146 valence electrons. The second-order valence-corrected chi connectivity index (χ2v) is 6.72. The number of nitrogens with one attached hydrogen (secondary N) is 1. The Kier molecular flexibility index (Phi) is 6.88. The van der Waals surface area contributed by atoms with Gasteiger partial charge in [-0.25, -0.2) is 4.79 Å². The maximum atomic E-state index is 12.7. The maximum Gasteiger partial charge on any atom is 0.416 e. The molecule has 27 heavy (non-hydrogen) atoms. The summed E-state index contributed by atoms with van der Waals surface area (Å²) in [6.07, 6.45) is -2.62. The molecule has 0 aliphatic heterocycles. The number of aryl methyl sites for hydroxylation is 2. The average molecular weight is 378 g/mol. The van der Waals surface area contributed by atoms with Crippen LogP contribution in [0.5, 0.6) is 0 Å². The van der Waals surface area contributed by atoms with Crippen LogP contribution in [0.25, 0.3) is 0 Å². The number of urea groups is 1. The van der Waals surface area contributed by atoms with E-state index in [-0.39, 0.29) is 12.6 Å². The number of anilines is 1. The minimum Gasteiger partial charge on any atom is -0.320 e. The van der Waals surface area contributed by atoms with Crippen LogP contribution >= 0.6 is 0 Å². The maximum absolute atomic E-state index is 12.7. The Balaban J connectivity index is 2.12. The molecule has 2 aromatic carbocycles. The van der Waals surface area contributed by atoms with Crippen LogP contribution < -0.4 is 5.32 Å². The predicted molar refractivity (Wildman–Crippen MR) is 102 cm³/mol. The molecule has 0 aliphatic rings. The molecule has 0 spiro atoms. The van der Waals surface area contributed by atoms with Gasteiger partial charge in [0, 0.05) is 18.8 Å². The Morgan fingerprint density at radius 1 is 1.07 bits per heavy atom. The lowest BCUT2D eigenvalue weighted by Gasteiger charge is -2.24. The first-order valence-corrected chi connectivity index (χ1v) is 9.00. The van der Waals surface area contributed by atoms with Crippen molar-refractivity contribution in [1.29, 1.82) is 0 Å². The highest BCUT2D eigenvalue weighted by atomic mass is 19.4. The van der Waals surface area contributed by atoms with Crippen molar-refractivity contribution in [3.63, 3.8) is 0 Å². The van der Waals surface area contributed by atoms with Crippen LogP contribution in [0.3, 0.4) is 0 Å². The van der Waals surface area contributed by atoms with E-state index in [2.05, 4.69) is 5.32 Å². The summed E-state index contributed by atoms with van der Waals surface area (Å²) < 4.78 is 38.1. The minimum atomic E-state index is -4.36. The molecule has 0 saturated heterocycles. The molecule has 0 fully saturated rings. The van der Waals surface area contributed by atoms with Gasteiger partial charge in [0.25, 0.3) is 0 Å². The Bertz CT molecular complexity index is 770. The number of hydrogen-bond acceptors (Lipinski definition) is 1. The van der Waals surface area contributed by atoms with E-state index in [0.29, 0.717) is 12.1 Å². The van der Waals surface area contributed by atoms with Crippen molar-refractivity contribution in [3.8, 4) is 0 Å². The molecule has 0 saturated carbocycles. The van der Waals surface area contributed by atoms with Crippen molar-refractivity contribution in [2.75, 3.05) is 11.9 Å². The van der Waals surface area contributed by atoms with Crippen LogP contribution in [0.1, 0.15) is 42.0 Å². The Morgan fingerprint density at radius 2 is 1.74 bits per heavy atom. The summed E-state index contributed by atoms with van der Waals surface area (Å²) in [6, 6.07) is 10.5. The number of nitrogens with zero attached hydrogens (tertiary/aromatic N) is 1. The quantitative estimate of drug-likeness (QED) is 0.642. The highest BCUT2D eigenvalue weighted by Crippen LogP contribution is 2.29. The molecule has 1 N–H and O–H groups in total. The topological polar surface area (TPSA) is 32.3 Å². The summed E-state index contributed by atoms with van der Waals surface area (Å²) in [5, 5.41) is 2.91. The first-order valence-electron chi connectivity index (χ1n) is 9.00. The van der Waals surface area contributed by atoms with Crippen molar-refractivity contribution in [3.05, 3.63) is 64.7 Å². The predicted octanol–water partition coefficient (Wildman–Crippen LogP) is 6.16. The van der Waals surface area contributed by atoms with E-state index in [9.17, 15) is 18.0 Å². The highest BCUT2D eigenvalue weighted by Gasteiger charge is 2.30. The third-order valence-electron chi connectivity index (χ3n) is 4.35. The number of alkyl halides is 3. The SMILES string of the molecule is CCCCN(Cc1ccc(C(F)(F)F)cc1)C(=O)Nc1ccc(C)cc1C. The number of carbonyl (C=O) groups is 1. The molecule has 0 radical (unpaired) electrons. The van der Waals surface area contributed by atoms with Gasteiger partial charge in [0.2, 0.25) is 0 Å². The van der Waals surface area contributed by atoms with E-state index in [1.165, 1.54) is 12.1 Å². The monoisotopic (exact) mass is 378 g/mol. The fourth-order valence-corrected chi connectivity index (χ4v) is 2.77. The lowest BCUT2D eigenvalue weighted by Crippen LogP contribution is -2.35. The van der Waals surface area contributed by atoms with Crippen LogP contribution in [0, 0.1) is 13.8 Å². The number of benzene rings is 2. The zero-order valence-electron chi connectivity index (χ0n) is 15.9. The van der Waals surface area contributed by atoms with Gasteiger partial charge in [-0.2, -0.15) is 13.2 Å². The number of amides is 2. The fourth-order valence-electron chi connectivity index (χ4n) is 2.77. The molecule has 0 aromatic heterocycles. The minimum absolute atomic E-state index is 0.254. The van der Waals surface area contributed by atoms with E-state index < -0.39 is 11.7 Å². The summed E-state index contributed by atoms with van der Waals surface area (Å²) in [7, 11) is 0. The standard InChI is InChI=1S/C21H25F3N2O/c1-4-5-12-26(14-17-7-9-18(10-8-17)21(22,23)24)20(27)25-19-11-6-15(2)13-16(19)3/h6-11,13H,4-5,12,14H2,1-3H3,(H,25,27). The van der Waals surface area contributed by atoms with Gasteiger partial charge in [-0.15, -0.1) is 0 Å². The molecular formula is C21H25F3N2O. The van der Waals surface area contributed by atoms with Crippen LogP contribution in [0.2, 0.25) is 0 Å². The normalized spacial score (nSPS) is 11.3. The van der Waals surface area contributed by atoms with Crippen molar-refractivity contribution >= 4 is 11.7 Å². The molecule has 6 heteroatoms. The van der Waals surface area contributed by atoms with Crippen LogP contribution in [-0.4, -0.2) is 17.5 Å². The summed E-state index contributed by atoms with van der Waals surface area (Å²) >= 11 is 0. The van der Waals surface area contributed by atoms with Crippen molar-refractivity contribution < 1.29 is 18.0 Å². The summed E-state index contributed by atoms with van der Waals surface area (Å²) in [4.78, 5) is 14.4. The Morgan fingerprint density at radius 3 is 2.30 bits per heavy atom. The third kappa shape index (κ3) is 6.01. The number of halogens is 3. The molecule has 2 rings (SSSR count). The molecule has 0 aliphatic carbocycles. The molecule has 0 bridgehead atoms. The smallest absolute Gasteiger partial charge is 0.320 e. The summed E-state index contributed by atoms with van der Waals surface area (Å²) in [5.41, 5.74) is 2.78. The second-order valence-electron chi connectivity index (χ2n) is 6.72. The van der Waals surface area contributed by atoms with Gasteiger partial charge in [-0.05, 0) is 49.6 Å². The lowest BCUT2D eigenvalue weighted by molar-refractivity contribution is -0.137. The van der Waals surface area contributed by atoms with Gasteiger partial charge in [0.05, 0.1) is 5.56 Å². The molecule has 0 atom stereocenters. The van der Waals surface area contributed by atoms with Crippen molar-refractivity contribution in [1.82, 2.24) is 4.90 Å². The summed E-state index contributed by atoms with van der Waals surface area (Å²) in [5.74, 6) is 0. The first kappa shape index (κ1) is 20.8. The van der Waals surface area contributed by atoms with Gasteiger partial charge in [-0.3, -0.25) is 0 Å². The largest absolute Gasteiger partial charge is 0.416 e. The van der Waals surface area contributed by atoms with E-state index in [1.807, 2.05) is 39.0 Å². The zero-order chi connectivity index (χ0) is 20.0. The van der Waals surface area contributed by atoms with E-state index in [0.717, 1.165) is 41.8 Å². The Labute approximate surface area is 158 Å². The molecule has 2 amide bonds. The number of unbranched alkanes of at least 4 members (excludes halogenated alkanes) is 1. The first-order chi connectivity index (χ1) is 12.7. The molecular weight excluding hydrogens is 353 g/mol. The van der Waals surface area contributed by atoms with Gasteiger partial charge >= 0.3 is 12.2 Å². The van der Waals surface area contributed by atoms with Crippen LogP contribution in [0.4, 0.5) is 23.7 Å². The third-order valence-corrected chi connectivity index (χ3v) is 4.35. The van der Waals surface area contributed by atoms with E-state index in [1.54, 1.807) is 4.90 Å². The number of carbonyl (C=O) groups excluding carboxylic acids is 1. The molecule has 3 nitrogen and oxygen atoms in total. The van der Waals surface area contributed by atoms with Crippen molar-refractivity contribution in [2.24, 2.45) is 0 Å². The number of hydrogen-bond donors (Lipinski definition) is 1. The van der Waals surface area contributed by atoms with E-state index >= 15 is 0 Å². The molecule has 2 aromatic rings. The van der Waals surface area contributed by atoms with Crippen LogP contribution in [-0.2, 0) is 12.7 Å². The lowest BCUT2D eigenvalue weighted by atomic mass is 10.1. The molecule has 0 unspecified atom stereocenters. The highest BCUT2D eigenvalue weighted by molar-refractivity contribution is 5.90. The second kappa shape index (κ2) is 8.93. The van der Waals surface area contributed by atoms with E-state index in [4.69, 9.17) is 0 Å². The van der Waals surface area contributed by atoms with Gasteiger partial charge in [-0.1, -0.05) is 43.2 Å². The van der Waals surface area contributed by atoms with Gasteiger partial charge < -0.3 is 10.2 Å². The van der Waals surface area contributed by atoms with Gasteiger partial charge in [0.15, 0.2) is 0 Å². The fraction of sp³-hybridized carbons (Fsp3) is 0.381. The van der Waals surface area contributed by atoms with Crippen LogP contribution in [0.15, 0.2) is 42.5 Å². The molecule has 0 heterocycles. The van der Waals surface area contributed by atoms with Gasteiger partial charge in [0.1, 0.15) is 0 Å². The Hall–Kier alpha value is -2.50. The number of rotatable bonds is 6. The average Bonchev–Trinajstić information content (AvgIpc) is 2.60. The summed E-state index contributed by atoms with van der Waals surface area (Å²) in [6.45, 7) is 6.73. The van der Waals surface area contributed by atoms with Crippen molar-refractivity contribution in [2.45, 2.75) is 46.3 Å². The zero-order valence-corrected chi connectivity index (χ0v) is 15.9.